The molecule has 14 heavy (non-hydrogen) atoms. The van der Waals surface area contributed by atoms with Crippen molar-refractivity contribution in [2.45, 2.75) is 6.61 Å². The molecule has 0 heterocycles. The number of benzene rings is 1. The first kappa shape index (κ1) is 11.1. The van der Waals surface area contributed by atoms with E-state index in [2.05, 4.69) is 0 Å². The van der Waals surface area contributed by atoms with Crippen LogP contribution in [0.3, 0.4) is 0 Å². The van der Waals surface area contributed by atoms with Gasteiger partial charge in [-0.05, 0) is 5.56 Å². The summed E-state index contributed by atoms with van der Waals surface area (Å²) in [7, 11) is 0. The minimum Gasteiger partial charge on any atom is -0.481 e. The molecule has 0 saturated heterocycles. The van der Waals surface area contributed by atoms with Crippen LogP contribution in [-0.2, 0) is 16.1 Å². The first-order valence-corrected chi connectivity index (χ1v) is 5.35. The second kappa shape index (κ2) is 6.45. The Labute approximate surface area is 87.1 Å². The zero-order valence-electron chi connectivity index (χ0n) is 7.68. The van der Waals surface area contributed by atoms with Crippen LogP contribution in [0.25, 0.3) is 0 Å². The largest absolute Gasteiger partial charge is 0.481 e. The molecule has 0 aliphatic heterocycles. The van der Waals surface area contributed by atoms with E-state index in [9.17, 15) is 4.79 Å². The molecule has 0 aliphatic carbocycles. The van der Waals surface area contributed by atoms with E-state index in [0.29, 0.717) is 12.5 Å². The summed E-state index contributed by atoms with van der Waals surface area (Å²) in [6, 6.07) is 9.79. The average molecular weight is 212 g/mol. The number of carboxylic acids is 1. The lowest BCUT2D eigenvalue weighted by Gasteiger charge is -2.02. The maximum atomic E-state index is 10.2. The molecule has 0 saturated carbocycles. The van der Waals surface area contributed by atoms with E-state index < -0.39 is 5.97 Å². The number of thioether (sulfide) groups is 1. The van der Waals surface area contributed by atoms with Crippen molar-refractivity contribution in [3.8, 4) is 0 Å². The zero-order chi connectivity index (χ0) is 10.2. The van der Waals surface area contributed by atoms with Gasteiger partial charge in [-0.2, -0.15) is 0 Å². The normalized spacial score (nSPS) is 10.0. The molecule has 0 amide bonds. The van der Waals surface area contributed by atoms with Crippen molar-refractivity contribution in [1.29, 1.82) is 0 Å². The van der Waals surface area contributed by atoms with Gasteiger partial charge < -0.3 is 9.84 Å². The molecule has 0 radical (unpaired) electrons. The van der Waals surface area contributed by atoms with Crippen molar-refractivity contribution in [3.63, 3.8) is 0 Å². The Balaban J connectivity index is 2.08. The fourth-order valence-corrected chi connectivity index (χ4v) is 1.38. The van der Waals surface area contributed by atoms with Gasteiger partial charge in [0.25, 0.3) is 0 Å². The highest BCUT2D eigenvalue weighted by atomic mass is 32.2. The Bertz CT molecular complexity index is 274. The Hall–Kier alpha value is -1.00. The Morgan fingerprint density at radius 1 is 1.36 bits per heavy atom. The maximum Gasteiger partial charge on any atom is 0.313 e. The summed E-state index contributed by atoms with van der Waals surface area (Å²) in [6.45, 7) is 0.535. The number of aliphatic carboxylic acids is 1. The summed E-state index contributed by atoms with van der Waals surface area (Å²) in [5, 5.41) is 8.35. The van der Waals surface area contributed by atoms with Gasteiger partial charge >= 0.3 is 5.97 Å². The van der Waals surface area contributed by atoms with Gasteiger partial charge in [0.05, 0.1) is 18.3 Å². The quantitative estimate of drug-likeness (QED) is 0.578. The second-order valence-electron chi connectivity index (χ2n) is 2.69. The summed E-state index contributed by atoms with van der Waals surface area (Å²) in [4.78, 5) is 10.2. The molecule has 0 aromatic heterocycles. The van der Waals surface area contributed by atoms with Gasteiger partial charge in [0.1, 0.15) is 0 Å². The van der Waals surface area contributed by atoms with Crippen LogP contribution in [-0.4, -0.2) is 22.8 Å². The predicted octanol–water partition coefficient (Wildman–Crippen LogP) is 1.98. The Kier molecular flexibility index (Phi) is 5.11. The molecule has 1 rings (SSSR count). The smallest absolute Gasteiger partial charge is 0.313 e. The SMILES string of the molecule is O=C(O)CSCOCc1ccccc1. The van der Waals surface area contributed by atoms with Gasteiger partial charge in [0.15, 0.2) is 0 Å². The summed E-state index contributed by atoms with van der Waals surface area (Å²) in [5.41, 5.74) is 1.10. The Morgan fingerprint density at radius 3 is 2.71 bits per heavy atom. The predicted molar refractivity (Wildman–Crippen MR) is 56.2 cm³/mol. The van der Waals surface area contributed by atoms with Crippen LogP contribution in [0.1, 0.15) is 5.56 Å². The van der Waals surface area contributed by atoms with E-state index in [4.69, 9.17) is 9.84 Å². The summed E-state index contributed by atoms with van der Waals surface area (Å²) in [6.07, 6.45) is 0. The molecule has 0 unspecified atom stereocenters. The number of carbonyl (C=O) groups is 1. The molecule has 0 bridgehead atoms. The van der Waals surface area contributed by atoms with Gasteiger partial charge in [-0.15, -0.1) is 11.8 Å². The topological polar surface area (TPSA) is 46.5 Å². The Morgan fingerprint density at radius 2 is 2.07 bits per heavy atom. The average Bonchev–Trinajstić information content (AvgIpc) is 2.18. The second-order valence-corrected chi connectivity index (χ2v) is 3.63. The first-order valence-electron chi connectivity index (χ1n) is 4.20. The van der Waals surface area contributed by atoms with Crippen LogP contribution in [0.15, 0.2) is 30.3 Å². The summed E-state index contributed by atoms with van der Waals surface area (Å²) >= 11 is 1.26. The van der Waals surface area contributed by atoms with Crippen LogP contribution in [0, 0.1) is 0 Å². The number of carboxylic acid groups (broad SMARTS) is 1. The molecule has 1 aromatic rings. The van der Waals surface area contributed by atoms with Gasteiger partial charge in [0.2, 0.25) is 0 Å². The van der Waals surface area contributed by atoms with Crippen LogP contribution in [0.5, 0.6) is 0 Å². The third kappa shape index (κ3) is 4.89. The van der Waals surface area contributed by atoms with E-state index >= 15 is 0 Å². The van der Waals surface area contributed by atoms with E-state index in [-0.39, 0.29) is 5.75 Å². The number of ether oxygens (including phenoxy) is 1. The van der Waals surface area contributed by atoms with Crippen LogP contribution >= 0.6 is 11.8 Å². The van der Waals surface area contributed by atoms with Gasteiger partial charge in [0, 0.05) is 0 Å². The van der Waals surface area contributed by atoms with Gasteiger partial charge in [-0.1, -0.05) is 30.3 Å². The van der Waals surface area contributed by atoms with E-state index in [0.717, 1.165) is 5.56 Å². The molecule has 1 aromatic carbocycles. The fourth-order valence-electron chi connectivity index (χ4n) is 0.922. The molecule has 76 valence electrons. The minimum atomic E-state index is -0.807. The van der Waals surface area contributed by atoms with Crippen molar-refractivity contribution >= 4 is 17.7 Å². The highest BCUT2D eigenvalue weighted by molar-refractivity contribution is 7.99. The third-order valence-electron chi connectivity index (χ3n) is 1.50. The molecular weight excluding hydrogens is 200 g/mol. The lowest BCUT2D eigenvalue weighted by atomic mass is 10.2. The molecule has 0 fully saturated rings. The van der Waals surface area contributed by atoms with Crippen LogP contribution in [0.4, 0.5) is 0 Å². The highest BCUT2D eigenvalue weighted by Gasteiger charge is 1.96. The van der Waals surface area contributed by atoms with Crippen molar-refractivity contribution in [1.82, 2.24) is 0 Å². The zero-order valence-corrected chi connectivity index (χ0v) is 8.50. The molecule has 3 nitrogen and oxygen atoms in total. The number of rotatable bonds is 6. The molecule has 0 aliphatic rings. The standard InChI is InChI=1S/C10H12O3S/c11-10(12)7-14-8-13-6-9-4-2-1-3-5-9/h1-5H,6-8H2,(H,11,12). The van der Waals surface area contributed by atoms with E-state index in [1.54, 1.807) is 0 Å². The molecular formula is C10H12O3S. The van der Waals surface area contributed by atoms with Crippen molar-refractivity contribution in [3.05, 3.63) is 35.9 Å². The molecule has 4 heteroatoms. The van der Waals surface area contributed by atoms with Crippen molar-refractivity contribution in [2.24, 2.45) is 0 Å². The van der Waals surface area contributed by atoms with Crippen molar-refractivity contribution < 1.29 is 14.6 Å². The first-order chi connectivity index (χ1) is 6.79. The lowest BCUT2D eigenvalue weighted by molar-refractivity contribution is -0.133. The van der Waals surface area contributed by atoms with Gasteiger partial charge in [-0.25, -0.2) is 0 Å². The molecule has 0 spiro atoms. The highest BCUT2D eigenvalue weighted by Crippen LogP contribution is 2.04. The monoisotopic (exact) mass is 212 g/mol. The number of hydrogen-bond acceptors (Lipinski definition) is 3. The molecule has 0 atom stereocenters. The number of hydrogen-bond donors (Lipinski definition) is 1. The minimum absolute atomic E-state index is 0.0921. The van der Waals surface area contributed by atoms with Crippen LogP contribution in [0.2, 0.25) is 0 Å². The van der Waals surface area contributed by atoms with Gasteiger partial charge in [-0.3, -0.25) is 4.79 Å². The van der Waals surface area contributed by atoms with E-state index in [1.807, 2.05) is 30.3 Å². The summed E-state index contributed by atoms with van der Waals surface area (Å²) in [5.74, 6) is -0.297. The fraction of sp³-hybridized carbons (Fsp3) is 0.300. The van der Waals surface area contributed by atoms with Crippen molar-refractivity contribution in [2.75, 3.05) is 11.7 Å². The van der Waals surface area contributed by atoms with E-state index in [1.165, 1.54) is 11.8 Å². The van der Waals surface area contributed by atoms with Crippen LogP contribution < -0.4 is 0 Å². The lowest BCUT2D eigenvalue weighted by Crippen LogP contribution is -2.00. The summed E-state index contributed by atoms with van der Waals surface area (Å²) < 4.78 is 5.27. The molecule has 1 N–H and O–H groups in total. The maximum absolute atomic E-state index is 10.2. The third-order valence-corrected chi connectivity index (χ3v) is 2.29.